The summed E-state index contributed by atoms with van der Waals surface area (Å²) in [5, 5.41) is 12.7. The monoisotopic (exact) mass is 710 g/mol. The highest BCUT2D eigenvalue weighted by Gasteiger charge is 2.18. The van der Waals surface area contributed by atoms with Crippen LogP contribution in [0.15, 0.2) is 206 Å². The number of fused-ring (bicyclic) bond motifs is 11. The first-order valence-electron chi connectivity index (χ1n) is 19.3. The van der Waals surface area contributed by atoms with E-state index in [-0.39, 0.29) is 0 Å². The highest BCUT2D eigenvalue weighted by Crippen LogP contribution is 2.43. The van der Waals surface area contributed by atoms with E-state index in [1.165, 1.54) is 110 Å². The molecule has 260 valence electrons. The third-order valence-electron chi connectivity index (χ3n) is 11.9. The van der Waals surface area contributed by atoms with Gasteiger partial charge in [0.1, 0.15) is 0 Å². The molecule has 2 aromatic heterocycles. The lowest BCUT2D eigenvalue weighted by molar-refractivity contribution is 1.18. The summed E-state index contributed by atoms with van der Waals surface area (Å²) in [6, 6.07) is 75.7. The van der Waals surface area contributed by atoms with Gasteiger partial charge in [0.15, 0.2) is 0 Å². The average molecular weight is 711 g/mol. The number of hydrogen-bond acceptors (Lipinski definition) is 0. The number of hydrogen-bond donors (Lipinski definition) is 0. The molecule has 2 heteroatoms. The lowest BCUT2D eigenvalue weighted by Gasteiger charge is -2.12. The van der Waals surface area contributed by atoms with Crippen molar-refractivity contribution in [2.45, 2.75) is 0 Å². The standard InChI is InChI=1S/C54H34N2/c1-3-14-41(15-4-1)55-49-21-10-9-19-45(49)46-29-26-38(34-52(46)55)35-22-24-37(25-23-35)43-20-11-13-39-33-48-40(32-47(39)43)28-31-51-54(48)53-44-18-8-7-12-36(44)27-30-50(53)56(51)42-16-5-2-6-17-42/h1-34H. The van der Waals surface area contributed by atoms with E-state index in [1.54, 1.807) is 0 Å². The molecule has 0 unspecified atom stereocenters. The van der Waals surface area contributed by atoms with Gasteiger partial charge in [-0.2, -0.15) is 0 Å². The SMILES string of the molecule is c1ccc(-n2c3ccccc3c3ccc(-c4ccc(-c5cccc6cc7c(ccc8c7c7c9ccccc9ccc7n8-c7ccccc7)cc56)cc4)cc32)cc1. The van der Waals surface area contributed by atoms with Crippen LogP contribution in [0.3, 0.4) is 0 Å². The Bertz CT molecular complexity index is 3500. The van der Waals surface area contributed by atoms with Gasteiger partial charge in [0.05, 0.1) is 22.1 Å². The van der Waals surface area contributed by atoms with Crippen LogP contribution >= 0.6 is 0 Å². The Morgan fingerprint density at radius 1 is 0.250 bits per heavy atom. The van der Waals surface area contributed by atoms with E-state index in [0.717, 1.165) is 0 Å². The first kappa shape index (κ1) is 31.0. The highest BCUT2D eigenvalue weighted by atomic mass is 15.0. The Morgan fingerprint density at radius 2 is 0.786 bits per heavy atom. The molecule has 10 aromatic carbocycles. The number of nitrogens with zero attached hydrogens (tertiary/aromatic N) is 2. The normalized spacial score (nSPS) is 11.9. The molecule has 12 rings (SSSR count). The van der Waals surface area contributed by atoms with Crippen molar-refractivity contribution in [2.75, 3.05) is 0 Å². The molecule has 0 amide bonds. The van der Waals surface area contributed by atoms with Gasteiger partial charge in [0.25, 0.3) is 0 Å². The lowest BCUT2D eigenvalue weighted by atomic mass is 9.92. The van der Waals surface area contributed by atoms with E-state index >= 15 is 0 Å². The van der Waals surface area contributed by atoms with Crippen molar-refractivity contribution in [3.8, 4) is 33.6 Å². The second-order valence-corrected chi connectivity index (χ2v) is 14.9. The van der Waals surface area contributed by atoms with Crippen molar-refractivity contribution in [3.63, 3.8) is 0 Å². The number of aromatic nitrogens is 2. The maximum absolute atomic E-state index is 2.43. The van der Waals surface area contributed by atoms with Crippen molar-refractivity contribution in [2.24, 2.45) is 0 Å². The summed E-state index contributed by atoms with van der Waals surface area (Å²) < 4.78 is 4.82. The van der Waals surface area contributed by atoms with Gasteiger partial charge in [-0.15, -0.1) is 0 Å². The lowest BCUT2D eigenvalue weighted by Crippen LogP contribution is -1.93. The van der Waals surface area contributed by atoms with Crippen LogP contribution in [0.2, 0.25) is 0 Å². The maximum atomic E-state index is 2.43. The summed E-state index contributed by atoms with van der Waals surface area (Å²) in [5.41, 5.74) is 12.1. The van der Waals surface area contributed by atoms with E-state index in [0.29, 0.717) is 0 Å². The molecule has 56 heavy (non-hydrogen) atoms. The van der Waals surface area contributed by atoms with Crippen LogP contribution in [0.5, 0.6) is 0 Å². The van der Waals surface area contributed by atoms with Crippen LogP contribution in [0.25, 0.3) is 110 Å². The fraction of sp³-hybridized carbons (Fsp3) is 0. The molecule has 0 fully saturated rings. The molecule has 0 aliphatic heterocycles. The third-order valence-corrected chi connectivity index (χ3v) is 11.9. The van der Waals surface area contributed by atoms with Crippen molar-refractivity contribution in [1.29, 1.82) is 0 Å². The summed E-state index contributed by atoms with van der Waals surface area (Å²) in [6.45, 7) is 0. The molecule has 2 nitrogen and oxygen atoms in total. The second kappa shape index (κ2) is 12.0. The molecule has 0 aliphatic rings. The van der Waals surface area contributed by atoms with Crippen LogP contribution in [-0.4, -0.2) is 9.13 Å². The van der Waals surface area contributed by atoms with Crippen LogP contribution in [0.1, 0.15) is 0 Å². The van der Waals surface area contributed by atoms with E-state index in [2.05, 4.69) is 215 Å². The van der Waals surface area contributed by atoms with Gasteiger partial charge in [0, 0.05) is 32.9 Å². The molecule has 12 aromatic rings. The van der Waals surface area contributed by atoms with Gasteiger partial charge in [0.2, 0.25) is 0 Å². The van der Waals surface area contributed by atoms with Crippen molar-refractivity contribution >= 4 is 75.9 Å². The van der Waals surface area contributed by atoms with Crippen molar-refractivity contribution < 1.29 is 0 Å². The largest absolute Gasteiger partial charge is 0.309 e. The third kappa shape index (κ3) is 4.57. The van der Waals surface area contributed by atoms with Gasteiger partial charge in [-0.1, -0.05) is 146 Å². The number of rotatable bonds is 4. The van der Waals surface area contributed by atoms with Gasteiger partial charge in [-0.25, -0.2) is 0 Å². The van der Waals surface area contributed by atoms with Crippen LogP contribution in [0.4, 0.5) is 0 Å². The predicted molar refractivity (Wildman–Crippen MR) is 239 cm³/mol. The first-order valence-corrected chi connectivity index (χ1v) is 19.3. The molecular weight excluding hydrogens is 677 g/mol. The first-order chi connectivity index (χ1) is 27.8. The van der Waals surface area contributed by atoms with E-state index in [9.17, 15) is 0 Å². The molecule has 0 N–H and O–H groups in total. The van der Waals surface area contributed by atoms with Crippen LogP contribution in [0, 0.1) is 0 Å². The zero-order valence-electron chi connectivity index (χ0n) is 30.5. The molecule has 2 heterocycles. The predicted octanol–water partition coefficient (Wildman–Crippen LogP) is 14.7. The summed E-state index contributed by atoms with van der Waals surface area (Å²) >= 11 is 0. The minimum atomic E-state index is 1.17. The van der Waals surface area contributed by atoms with Gasteiger partial charge in [-0.3, -0.25) is 0 Å². The Labute approximate surface area is 323 Å². The van der Waals surface area contributed by atoms with Gasteiger partial charge >= 0.3 is 0 Å². The fourth-order valence-corrected chi connectivity index (χ4v) is 9.33. The minimum absolute atomic E-state index is 1.17. The van der Waals surface area contributed by atoms with Gasteiger partial charge in [-0.05, 0) is 115 Å². The Kier molecular flexibility index (Phi) is 6.66. The second-order valence-electron chi connectivity index (χ2n) is 14.9. The summed E-state index contributed by atoms with van der Waals surface area (Å²) in [6.07, 6.45) is 0. The molecule has 0 saturated carbocycles. The van der Waals surface area contributed by atoms with E-state index < -0.39 is 0 Å². The number of benzene rings is 10. The molecule has 0 atom stereocenters. The quantitative estimate of drug-likeness (QED) is 0.161. The van der Waals surface area contributed by atoms with Crippen molar-refractivity contribution in [3.05, 3.63) is 206 Å². The minimum Gasteiger partial charge on any atom is -0.309 e. The fourth-order valence-electron chi connectivity index (χ4n) is 9.33. The van der Waals surface area contributed by atoms with Crippen LogP contribution < -0.4 is 0 Å². The zero-order valence-corrected chi connectivity index (χ0v) is 30.5. The van der Waals surface area contributed by atoms with Gasteiger partial charge < -0.3 is 9.13 Å². The number of para-hydroxylation sites is 3. The summed E-state index contributed by atoms with van der Waals surface area (Å²) in [5.74, 6) is 0. The Balaban J connectivity index is 1.01. The molecule has 0 aliphatic carbocycles. The average Bonchev–Trinajstić information content (AvgIpc) is 3.79. The smallest absolute Gasteiger partial charge is 0.0547 e. The van der Waals surface area contributed by atoms with Crippen LogP contribution in [-0.2, 0) is 0 Å². The summed E-state index contributed by atoms with van der Waals surface area (Å²) in [7, 11) is 0. The molecule has 0 saturated heterocycles. The Morgan fingerprint density at radius 3 is 1.55 bits per heavy atom. The molecule has 0 spiro atoms. The maximum Gasteiger partial charge on any atom is 0.0547 e. The van der Waals surface area contributed by atoms with Crippen molar-refractivity contribution in [1.82, 2.24) is 9.13 Å². The highest BCUT2D eigenvalue weighted by molar-refractivity contribution is 6.29. The Hall–Kier alpha value is -7.42. The van der Waals surface area contributed by atoms with E-state index in [1.807, 2.05) is 0 Å². The molecule has 0 radical (unpaired) electrons. The topological polar surface area (TPSA) is 9.86 Å². The molecule has 0 bridgehead atoms. The van der Waals surface area contributed by atoms with E-state index in [4.69, 9.17) is 0 Å². The summed E-state index contributed by atoms with van der Waals surface area (Å²) in [4.78, 5) is 0. The zero-order chi connectivity index (χ0) is 36.7. The molecular formula is C54H34N2.